The average molecular weight is 253 g/mol. The molecule has 13 heavy (non-hydrogen) atoms. The van der Waals surface area contributed by atoms with Gasteiger partial charge in [0.1, 0.15) is 0 Å². The topological polar surface area (TPSA) is 9.23 Å². The summed E-state index contributed by atoms with van der Waals surface area (Å²) in [4.78, 5) is 0. The molecule has 0 atom stereocenters. The van der Waals surface area contributed by atoms with Crippen molar-refractivity contribution in [3.8, 4) is 5.75 Å². The van der Waals surface area contributed by atoms with Crippen LogP contribution in [0, 0.1) is 13.0 Å². The van der Waals surface area contributed by atoms with Gasteiger partial charge >= 0.3 is 23.1 Å². The standard InChI is InChI=1S/C10H13O.BrH.Mg/c1-3-8-11-10-7-5-4-6-9(10)2;;/h4,6-7H,3,8H2,1-2H3;1H;/q-1;;+2/p-1. The van der Waals surface area contributed by atoms with E-state index in [1.807, 2.05) is 25.1 Å². The van der Waals surface area contributed by atoms with E-state index < -0.39 is 0 Å². The second-order valence-electron chi connectivity index (χ2n) is 2.54. The molecule has 0 fully saturated rings. The molecule has 0 heterocycles. The Balaban J connectivity index is 0. The van der Waals surface area contributed by atoms with Crippen LogP contribution >= 0.6 is 0 Å². The Morgan fingerprint density at radius 1 is 1.46 bits per heavy atom. The van der Waals surface area contributed by atoms with Crippen molar-refractivity contribution in [1.29, 1.82) is 0 Å². The molecule has 0 spiro atoms. The smallest absolute Gasteiger partial charge is 1.00 e. The van der Waals surface area contributed by atoms with Crippen LogP contribution in [0.25, 0.3) is 0 Å². The Morgan fingerprint density at radius 3 is 2.69 bits per heavy atom. The van der Waals surface area contributed by atoms with Gasteiger partial charge in [0, 0.05) is 5.75 Å². The molecule has 3 heteroatoms. The zero-order chi connectivity index (χ0) is 8.10. The predicted molar refractivity (Wildman–Crippen MR) is 51.6 cm³/mol. The molecule has 1 aromatic carbocycles. The molecule has 0 radical (unpaired) electrons. The van der Waals surface area contributed by atoms with Gasteiger partial charge in [-0.15, -0.1) is 11.6 Å². The van der Waals surface area contributed by atoms with Crippen LogP contribution in [-0.2, 0) is 0 Å². The van der Waals surface area contributed by atoms with E-state index in [1.54, 1.807) is 0 Å². The maximum Gasteiger partial charge on any atom is 2.00 e. The number of aryl methyl sites for hydroxylation is 1. The van der Waals surface area contributed by atoms with Gasteiger partial charge in [0.15, 0.2) is 0 Å². The van der Waals surface area contributed by atoms with Crippen LogP contribution in [0.1, 0.15) is 18.9 Å². The summed E-state index contributed by atoms with van der Waals surface area (Å²) in [5.41, 5.74) is 1.18. The molecule has 68 valence electrons. The Bertz CT molecular complexity index is 228. The maximum absolute atomic E-state index is 5.45. The van der Waals surface area contributed by atoms with Crippen LogP contribution in [0.15, 0.2) is 18.2 Å². The minimum Gasteiger partial charge on any atom is -1.00 e. The van der Waals surface area contributed by atoms with Crippen molar-refractivity contribution in [3.63, 3.8) is 0 Å². The van der Waals surface area contributed by atoms with Crippen LogP contribution in [-0.4, -0.2) is 29.7 Å². The number of hydrogen-bond acceptors (Lipinski definition) is 1. The molecule has 0 bridgehead atoms. The number of rotatable bonds is 3. The van der Waals surface area contributed by atoms with E-state index >= 15 is 0 Å². The van der Waals surface area contributed by atoms with E-state index in [1.165, 1.54) is 5.56 Å². The molecular formula is C10H13BrMgO. The summed E-state index contributed by atoms with van der Waals surface area (Å²) >= 11 is 0. The van der Waals surface area contributed by atoms with Crippen LogP contribution in [0.3, 0.4) is 0 Å². The van der Waals surface area contributed by atoms with Gasteiger partial charge in [-0.05, 0) is 6.42 Å². The summed E-state index contributed by atoms with van der Waals surface area (Å²) in [5.74, 6) is 0.953. The van der Waals surface area contributed by atoms with Crippen LogP contribution in [0.5, 0.6) is 5.75 Å². The molecule has 0 N–H and O–H groups in total. The van der Waals surface area contributed by atoms with E-state index in [0.29, 0.717) is 0 Å². The molecule has 1 nitrogen and oxygen atoms in total. The Hall–Kier alpha value is 0.266. The molecule has 0 aromatic heterocycles. The molecule has 0 aliphatic heterocycles. The first-order valence-corrected chi connectivity index (χ1v) is 3.94. The zero-order valence-electron chi connectivity index (χ0n) is 8.14. The van der Waals surface area contributed by atoms with Crippen LogP contribution in [0.4, 0.5) is 0 Å². The second-order valence-corrected chi connectivity index (χ2v) is 2.54. The summed E-state index contributed by atoms with van der Waals surface area (Å²) in [7, 11) is 0. The quantitative estimate of drug-likeness (QED) is 0.507. The molecule has 0 aliphatic carbocycles. The third-order valence-electron chi connectivity index (χ3n) is 1.49. The van der Waals surface area contributed by atoms with Crippen molar-refractivity contribution < 1.29 is 21.7 Å². The number of ether oxygens (including phenoxy) is 1. The first-order valence-electron chi connectivity index (χ1n) is 3.94. The van der Waals surface area contributed by atoms with Gasteiger partial charge in [-0.25, -0.2) is 0 Å². The fourth-order valence-corrected chi connectivity index (χ4v) is 0.860. The van der Waals surface area contributed by atoms with Gasteiger partial charge in [0.05, 0.1) is 6.61 Å². The Labute approximate surface area is 107 Å². The third-order valence-corrected chi connectivity index (χ3v) is 1.49. The minimum atomic E-state index is 0. The molecule has 0 unspecified atom stereocenters. The largest absolute Gasteiger partial charge is 2.00 e. The van der Waals surface area contributed by atoms with Gasteiger partial charge in [0.2, 0.25) is 0 Å². The van der Waals surface area contributed by atoms with Gasteiger partial charge in [-0.3, -0.25) is 0 Å². The molecule has 0 amide bonds. The summed E-state index contributed by atoms with van der Waals surface area (Å²) in [5, 5.41) is 0. The second kappa shape index (κ2) is 8.85. The third kappa shape index (κ3) is 5.55. The predicted octanol–water partition coefficient (Wildman–Crippen LogP) is -0.793. The van der Waals surface area contributed by atoms with E-state index in [-0.39, 0.29) is 40.0 Å². The van der Waals surface area contributed by atoms with Crippen molar-refractivity contribution in [2.24, 2.45) is 0 Å². The minimum absolute atomic E-state index is 0. The summed E-state index contributed by atoms with van der Waals surface area (Å²) < 4.78 is 5.45. The summed E-state index contributed by atoms with van der Waals surface area (Å²) in [6.07, 6.45) is 1.05. The molecule has 1 rings (SSSR count). The Kier molecular flexibility index (Phi) is 10.7. The van der Waals surface area contributed by atoms with Crippen molar-refractivity contribution in [1.82, 2.24) is 0 Å². The normalized spacial score (nSPS) is 8.15. The van der Waals surface area contributed by atoms with Crippen LogP contribution < -0.4 is 21.7 Å². The van der Waals surface area contributed by atoms with Gasteiger partial charge in [-0.1, -0.05) is 13.8 Å². The number of hydrogen-bond donors (Lipinski definition) is 0. The van der Waals surface area contributed by atoms with E-state index in [4.69, 9.17) is 4.74 Å². The molecule has 0 saturated heterocycles. The fourth-order valence-electron chi connectivity index (χ4n) is 0.860. The average Bonchev–Trinajstić information content (AvgIpc) is 2.03. The van der Waals surface area contributed by atoms with E-state index in [0.717, 1.165) is 18.8 Å². The summed E-state index contributed by atoms with van der Waals surface area (Å²) in [6, 6.07) is 8.77. The molecular weight excluding hydrogens is 240 g/mol. The van der Waals surface area contributed by atoms with Crippen molar-refractivity contribution >= 4 is 23.1 Å². The number of halogens is 1. The van der Waals surface area contributed by atoms with Crippen molar-refractivity contribution in [3.05, 3.63) is 29.8 Å². The van der Waals surface area contributed by atoms with Crippen molar-refractivity contribution in [2.45, 2.75) is 20.3 Å². The molecule has 0 saturated carbocycles. The van der Waals surface area contributed by atoms with Crippen LogP contribution in [0.2, 0.25) is 0 Å². The SMILES string of the molecule is CCCOc1c[c-]ccc1C.[Br-].[Mg+2]. The van der Waals surface area contributed by atoms with Gasteiger partial charge in [0.25, 0.3) is 0 Å². The first-order chi connectivity index (χ1) is 5.34. The number of benzene rings is 1. The first kappa shape index (κ1) is 15.7. The van der Waals surface area contributed by atoms with Crippen molar-refractivity contribution in [2.75, 3.05) is 6.61 Å². The molecule has 1 aromatic rings. The van der Waals surface area contributed by atoms with E-state index in [2.05, 4.69) is 13.0 Å². The summed E-state index contributed by atoms with van der Waals surface area (Å²) in [6.45, 7) is 4.93. The zero-order valence-corrected chi connectivity index (χ0v) is 11.1. The van der Waals surface area contributed by atoms with Gasteiger partial charge in [-0.2, -0.15) is 18.2 Å². The Morgan fingerprint density at radius 2 is 2.15 bits per heavy atom. The van der Waals surface area contributed by atoms with Gasteiger partial charge < -0.3 is 21.7 Å². The maximum atomic E-state index is 5.45. The van der Waals surface area contributed by atoms with E-state index in [9.17, 15) is 0 Å². The molecule has 0 aliphatic rings. The monoisotopic (exact) mass is 252 g/mol. The fraction of sp³-hybridized carbons (Fsp3) is 0.400.